The van der Waals surface area contributed by atoms with E-state index in [1.807, 2.05) is 0 Å². The van der Waals surface area contributed by atoms with Gasteiger partial charge in [0, 0.05) is 6.42 Å². The Hall–Kier alpha value is -1.92. The number of carbonyl (C=O) groups is 2. The molecule has 0 heterocycles. The zero-order valence-electron chi connectivity index (χ0n) is 41.5. The molecular formula is C56H105NO5. The van der Waals surface area contributed by atoms with Crippen molar-refractivity contribution in [1.29, 1.82) is 0 Å². The number of hydrogen-bond donors (Lipinski definition) is 3. The minimum Gasteiger partial charge on any atom is -0.462 e. The third-order valence-electron chi connectivity index (χ3n) is 12.5. The molecule has 6 heteroatoms. The van der Waals surface area contributed by atoms with Gasteiger partial charge in [-0.2, -0.15) is 0 Å². The van der Waals surface area contributed by atoms with Crippen LogP contribution in [0.1, 0.15) is 284 Å². The molecule has 0 radical (unpaired) electrons. The molecule has 3 N–H and O–H groups in total. The largest absolute Gasteiger partial charge is 0.462 e. The van der Waals surface area contributed by atoms with Gasteiger partial charge in [0.2, 0.25) is 5.91 Å². The van der Waals surface area contributed by atoms with Gasteiger partial charge in [-0.05, 0) is 57.8 Å². The van der Waals surface area contributed by atoms with Crippen molar-refractivity contribution in [3.63, 3.8) is 0 Å². The number of aliphatic hydroxyl groups is 2. The van der Waals surface area contributed by atoms with Crippen LogP contribution in [-0.4, -0.2) is 46.9 Å². The fourth-order valence-corrected chi connectivity index (χ4v) is 8.39. The number of rotatable bonds is 49. The summed E-state index contributed by atoms with van der Waals surface area (Å²) in [7, 11) is 0. The van der Waals surface area contributed by atoms with Crippen molar-refractivity contribution in [2.24, 2.45) is 0 Å². The highest BCUT2D eigenvalue weighted by atomic mass is 16.5. The minimum absolute atomic E-state index is 0.0666. The predicted molar refractivity (Wildman–Crippen MR) is 269 cm³/mol. The van der Waals surface area contributed by atoms with Crippen LogP contribution in [0.4, 0.5) is 0 Å². The highest BCUT2D eigenvalue weighted by Gasteiger charge is 2.24. The first-order chi connectivity index (χ1) is 30.5. The molecule has 0 aromatic rings. The topological polar surface area (TPSA) is 95.9 Å². The van der Waals surface area contributed by atoms with Gasteiger partial charge < -0.3 is 20.3 Å². The summed E-state index contributed by atoms with van der Waals surface area (Å²) < 4.78 is 5.94. The van der Waals surface area contributed by atoms with E-state index in [-0.39, 0.29) is 24.9 Å². The Morgan fingerprint density at radius 2 is 0.871 bits per heavy atom. The maximum atomic E-state index is 13.2. The van der Waals surface area contributed by atoms with Crippen LogP contribution >= 0.6 is 0 Å². The average Bonchev–Trinajstić information content (AvgIpc) is 3.26. The molecule has 0 aromatic heterocycles. The second-order valence-electron chi connectivity index (χ2n) is 18.6. The van der Waals surface area contributed by atoms with E-state index in [0.29, 0.717) is 19.3 Å². The van der Waals surface area contributed by atoms with Crippen molar-refractivity contribution in [3.05, 3.63) is 36.5 Å². The fraction of sp³-hybridized carbons (Fsp3) is 0.857. The van der Waals surface area contributed by atoms with E-state index in [1.165, 1.54) is 148 Å². The Morgan fingerprint density at radius 1 is 0.484 bits per heavy atom. The summed E-state index contributed by atoms with van der Waals surface area (Å²) in [4.78, 5) is 26.2. The standard InChI is InChI=1S/C56H105NO5/c1-4-7-10-13-16-19-22-25-28-31-34-37-40-43-46-49-56(61)62-52(47-44-41-38-35-32-29-26-23-20-17-14-11-8-5-2)50-55(60)57-53(51-58)54(59)48-45-42-39-36-33-30-27-24-21-18-15-12-9-6-3/h8,11,17,20,26,29,52-54,58-59H,4-7,9-10,12-16,18-19,21-25,27-28,30-51H2,1-3H3,(H,57,60)/b11-8+,20-17+,29-26+. The first-order valence-electron chi connectivity index (χ1n) is 27.2. The second kappa shape index (κ2) is 50.1. The first-order valence-corrected chi connectivity index (χ1v) is 27.2. The van der Waals surface area contributed by atoms with Gasteiger partial charge in [0.1, 0.15) is 6.10 Å². The summed E-state index contributed by atoms with van der Waals surface area (Å²) in [5.41, 5.74) is 0. The van der Waals surface area contributed by atoms with Crippen LogP contribution in [0.2, 0.25) is 0 Å². The van der Waals surface area contributed by atoms with E-state index in [2.05, 4.69) is 62.5 Å². The third kappa shape index (κ3) is 44.7. The normalized spacial score (nSPS) is 13.4. The molecule has 0 bridgehead atoms. The van der Waals surface area contributed by atoms with E-state index >= 15 is 0 Å². The Labute approximate surface area is 385 Å². The fourth-order valence-electron chi connectivity index (χ4n) is 8.39. The van der Waals surface area contributed by atoms with Crippen molar-refractivity contribution < 1.29 is 24.5 Å². The lowest BCUT2D eigenvalue weighted by Gasteiger charge is -2.24. The molecule has 3 unspecified atom stereocenters. The number of carbonyl (C=O) groups excluding carboxylic acids is 2. The van der Waals surface area contributed by atoms with E-state index < -0.39 is 18.2 Å². The Balaban J connectivity index is 4.56. The van der Waals surface area contributed by atoms with Crippen molar-refractivity contribution in [1.82, 2.24) is 5.32 Å². The number of nitrogens with one attached hydrogen (secondary N) is 1. The van der Waals surface area contributed by atoms with E-state index in [0.717, 1.165) is 89.9 Å². The van der Waals surface area contributed by atoms with Gasteiger partial charge in [-0.15, -0.1) is 0 Å². The van der Waals surface area contributed by atoms with E-state index in [1.54, 1.807) is 0 Å². The van der Waals surface area contributed by atoms with Gasteiger partial charge >= 0.3 is 5.97 Å². The number of esters is 1. The van der Waals surface area contributed by atoms with Crippen LogP contribution in [0.5, 0.6) is 0 Å². The average molecular weight is 872 g/mol. The Kier molecular flexibility index (Phi) is 48.5. The molecule has 3 atom stereocenters. The maximum Gasteiger partial charge on any atom is 0.306 e. The summed E-state index contributed by atoms with van der Waals surface area (Å²) in [6, 6.07) is -0.706. The highest BCUT2D eigenvalue weighted by Crippen LogP contribution is 2.18. The molecule has 364 valence electrons. The third-order valence-corrected chi connectivity index (χ3v) is 12.5. The van der Waals surface area contributed by atoms with Crippen molar-refractivity contribution in [3.8, 4) is 0 Å². The summed E-state index contributed by atoms with van der Waals surface area (Å²) in [5, 5.41) is 23.8. The minimum atomic E-state index is -0.791. The summed E-state index contributed by atoms with van der Waals surface area (Å²) in [6.07, 6.45) is 59.2. The zero-order valence-corrected chi connectivity index (χ0v) is 41.5. The van der Waals surface area contributed by atoms with Crippen molar-refractivity contribution in [2.75, 3.05) is 6.61 Å². The summed E-state index contributed by atoms with van der Waals surface area (Å²) >= 11 is 0. The van der Waals surface area contributed by atoms with Crippen molar-refractivity contribution >= 4 is 11.9 Å². The Bertz CT molecular complexity index is 1020. The second-order valence-corrected chi connectivity index (χ2v) is 18.6. The SMILES string of the molecule is CC/C=C/C/C=C/C/C=C/CCCCCCC(CC(=O)NC(CO)C(O)CCCCCCCCCCCCCCCC)OC(=O)CCCCCCCCCCCCCCCCC. The molecule has 6 nitrogen and oxygen atoms in total. The highest BCUT2D eigenvalue weighted by molar-refractivity contribution is 5.77. The van der Waals surface area contributed by atoms with Gasteiger partial charge in [-0.1, -0.05) is 250 Å². The molecule has 0 aliphatic rings. The van der Waals surface area contributed by atoms with E-state index in [4.69, 9.17) is 4.74 Å². The quantitative estimate of drug-likeness (QED) is 0.0321. The Morgan fingerprint density at radius 3 is 1.32 bits per heavy atom. The van der Waals surface area contributed by atoms with Gasteiger partial charge in [-0.25, -0.2) is 0 Å². The number of aliphatic hydroxyl groups excluding tert-OH is 2. The molecule has 0 aliphatic heterocycles. The van der Waals surface area contributed by atoms with Crippen LogP contribution < -0.4 is 5.32 Å². The predicted octanol–water partition coefficient (Wildman–Crippen LogP) is 16.5. The van der Waals surface area contributed by atoms with Crippen LogP contribution in [0.15, 0.2) is 36.5 Å². The van der Waals surface area contributed by atoms with Gasteiger partial charge in [0.15, 0.2) is 0 Å². The lowest BCUT2D eigenvalue weighted by Crippen LogP contribution is -2.46. The maximum absolute atomic E-state index is 13.2. The number of unbranched alkanes of at least 4 members (excludes halogenated alkanes) is 31. The van der Waals surface area contributed by atoms with Gasteiger partial charge in [-0.3, -0.25) is 9.59 Å². The van der Waals surface area contributed by atoms with Crippen LogP contribution in [0, 0.1) is 0 Å². The van der Waals surface area contributed by atoms with Gasteiger partial charge in [0.05, 0.1) is 25.2 Å². The molecule has 1 amide bonds. The van der Waals surface area contributed by atoms with Crippen LogP contribution in [-0.2, 0) is 14.3 Å². The summed E-state index contributed by atoms with van der Waals surface area (Å²) in [5.74, 6) is -0.482. The monoisotopic (exact) mass is 872 g/mol. The first kappa shape index (κ1) is 60.1. The van der Waals surface area contributed by atoms with Crippen LogP contribution in [0.3, 0.4) is 0 Å². The molecule has 0 saturated heterocycles. The van der Waals surface area contributed by atoms with Crippen molar-refractivity contribution in [2.45, 2.75) is 302 Å². The summed E-state index contributed by atoms with van der Waals surface area (Å²) in [6.45, 7) is 6.39. The smallest absolute Gasteiger partial charge is 0.306 e. The lowest BCUT2D eigenvalue weighted by molar-refractivity contribution is -0.151. The molecule has 0 spiro atoms. The lowest BCUT2D eigenvalue weighted by atomic mass is 10.0. The van der Waals surface area contributed by atoms with Gasteiger partial charge in [0.25, 0.3) is 0 Å². The zero-order chi connectivity index (χ0) is 45.2. The molecule has 62 heavy (non-hydrogen) atoms. The number of hydrogen-bond acceptors (Lipinski definition) is 5. The molecule has 0 fully saturated rings. The number of allylic oxidation sites excluding steroid dienone is 6. The van der Waals surface area contributed by atoms with Crippen LogP contribution in [0.25, 0.3) is 0 Å². The van der Waals surface area contributed by atoms with E-state index in [9.17, 15) is 19.8 Å². The molecular weight excluding hydrogens is 767 g/mol. The molecule has 0 aliphatic carbocycles. The molecule has 0 saturated carbocycles. The molecule has 0 rings (SSSR count). The molecule has 0 aromatic carbocycles. The number of ether oxygens (including phenoxy) is 1. The number of amides is 1.